The molecule has 34 heavy (non-hydrogen) atoms. The molecule has 1 aromatic carbocycles. The van der Waals surface area contributed by atoms with Crippen molar-refractivity contribution in [2.24, 2.45) is 0 Å². The molecule has 0 bridgehead atoms. The van der Waals surface area contributed by atoms with E-state index in [1.807, 2.05) is 24.3 Å². The number of anilines is 1. The SMILES string of the molecule is COc1ccc(N2CCN(C(=O)/C=C/C(=O)NCc3cccnc3OCC(F)(F)F)CC2)cc1. The topological polar surface area (TPSA) is 84.0 Å². The van der Waals surface area contributed by atoms with Crippen LogP contribution in [-0.4, -0.2) is 67.8 Å². The number of carbonyl (C=O) groups is 2. The summed E-state index contributed by atoms with van der Waals surface area (Å²) in [6.07, 6.45) is -0.918. The van der Waals surface area contributed by atoms with Crippen molar-refractivity contribution < 1.29 is 32.2 Å². The molecular weight excluding hydrogens is 453 g/mol. The van der Waals surface area contributed by atoms with Crippen molar-refractivity contribution in [3.63, 3.8) is 0 Å². The summed E-state index contributed by atoms with van der Waals surface area (Å²) in [5.74, 6) is -0.291. The van der Waals surface area contributed by atoms with Gasteiger partial charge in [0.05, 0.1) is 7.11 Å². The number of ether oxygens (including phenoxy) is 2. The molecule has 2 amide bonds. The largest absolute Gasteiger partial charge is 0.497 e. The number of nitrogens with zero attached hydrogens (tertiary/aromatic N) is 3. The van der Waals surface area contributed by atoms with E-state index in [0.29, 0.717) is 26.2 Å². The maximum absolute atomic E-state index is 12.4. The molecule has 1 fully saturated rings. The van der Waals surface area contributed by atoms with Crippen molar-refractivity contribution in [1.82, 2.24) is 15.2 Å². The van der Waals surface area contributed by atoms with Crippen LogP contribution < -0.4 is 19.7 Å². The Morgan fingerprint density at radius 1 is 1.09 bits per heavy atom. The number of alkyl halides is 3. The lowest BCUT2D eigenvalue weighted by Gasteiger charge is -2.35. The predicted octanol–water partition coefficient (Wildman–Crippen LogP) is 2.55. The van der Waals surface area contributed by atoms with Crippen LogP contribution in [0.25, 0.3) is 0 Å². The lowest BCUT2D eigenvalue weighted by Crippen LogP contribution is -2.48. The smallest absolute Gasteiger partial charge is 0.422 e. The Morgan fingerprint density at radius 3 is 2.44 bits per heavy atom. The molecule has 1 aliphatic rings. The van der Waals surface area contributed by atoms with Crippen LogP contribution in [0.5, 0.6) is 11.6 Å². The summed E-state index contributed by atoms with van der Waals surface area (Å²) in [4.78, 5) is 32.1. The lowest BCUT2D eigenvalue weighted by molar-refractivity contribution is -0.154. The van der Waals surface area contributed by atoms with E-state index in [2.05, 4.69) is 19.9 Å². The first kappa shape index (κ1) is 24.9. The van der Waals surface area contributed by atoms with E-state index in [9.17, 15) is 22.8 Å². The van der Waals surface area contributed by atoms with Gasteiger partial charge in [0.2, 0.25) is 17.7 Å². The zero-order chi connectivity index (χ0) is 24.6. The molecule has 3 rings (SSSR count). The van der Waals surface area contributed by atoms with Gasteiger partial charge in [0.1, 0.15) is 5.75 Å². The normalized spacial score (nSPS) is 14.2. The van der Waals surface area contributed by atoms with Crippen LogP contribution in [0, 0.1) is 0 Å². The Hall–Kier alpha value is -3.76. The van der Waals surface area contributed by atoms with Crippen LogP contribution in [0.2, 0.25) is 0 Å². The summed E-state index contributed by atoms with van der Waals surface area (Å²) in [6, 6.07) is 10.7. The summed E-state index contributed by atoms with van der Waals surface area (Å²) >= 11 is 0. The van der Waals surface area contributed by atoms with Crippen molar-refractivity contribution in [2.75, 3.05) is 44.8 Å². The number of carbonyl (C=O) groups excluding carboxylic acids is 2. The summed E-state index contributed by atoms with van der Waals surface area (Å²) in [5.41, 5.74) is 1.33. The quantitative estimate of drug-likeness (QED) is 0.588. The third kappa shape index (κ3) is 7.39. The zero-order valence-corrected chi connectivity index (χ0v) is 18.5. The van der Waals surface area contributed by atoms with E-state index in [1.165, 1.54) is 24.4 Å². The number of halogens is 3. The predicted molar refractivity (Wildman–Crippen MR) is 119 cm³/mol. The molecule has 11 heteroatoms. The van der Waals surface area contributed by atoms with Crippen molar-refractivity contribution >= 4 is 17.5 Å². The monoisotopic (exact) mass is 478 g/mol. The Kier molecular flexibility index (Phi) is 8.34. The maximum Gasteiger partial charge on any atom is 0.422 e. The number of piperazine rings is 1. The third-order valence-corrected chi connectivity index (χ3v) is 5.08. The average molecular weight is 478 g/mol. The Labute approximate surface area is 195 Å². The summed E-state index contributed by atoms with van der Waals surface area (Å²) < 4.78 is 47.0. The van der Waals surface area contributed by atoms with Gasteiger partial charge in [-0.1, -0.05) is 6.07 Å². The summed E-state index contributed by atoms with van der Waals surface area (Å²) in [7, 11) is 1.61. The fraction of sp³-hybridized carbons (Fsp3) is 0.348. The minimum absolute atomic E-state index is 0.0983. The molecule has 1 aromatic heterocycles. The fourth-order valence-electron chi connectivity index (χ4n) is 3.31. The number of amides is 2. The van der Waals surface area contributed by atoms with Crippen molar-refractivity contribution in [2.45, 2.75) is 12.7 Å². The van der Waals surface area contributed by atoms with E-state index in [0.717, 1.165) is 17.5 Å². The van der Waals surface area contributed by atoms with E-state index in [-0.39, 0.29) is 23.9 Å². The number of benzene rings is 1. The third-order valence-electron chi connectivity index (χ3n) is 5.08. The standard InChI is InChI=1S/C23H25F3N4O4/c1-33-19-6-4-18(5-7-19)29-11-13-30(14-12-29)21(32)9-8-20(31)28-15-17-3-2-10-27-22(17)34-16-23(24,25)26/h2-10H,11-16H2,1H3,(H,28,31)/b9-8+. The molecule has 2 heterocycles. The number of hydrogen-bond acceptors (Lipinski definition) is 6. The van der Waals surface area contributed by atoms with Crippen LogP contribution in [0.1, 0.15) is 5.56 Å². The average Bonchev–Trinajstić information content (AvgIpc) is 2.85. The van der Waals surface area contributed by atoms with Crippen LogP contribution in [-0.2, 0) is 16.1 Å². The van der Waals surface area contributed by atoms with Gasteiger partial charge in [-0.05, 0) is 30.3 Å². The molecule has 0 atom stereocenters. The van der Waals surface area contributed by atoms with Gasteiger partial charge in [-0.2, -0.15) is 13.2 Å². The number of rotatable bonds is 8. The van der Waals surface area contributed by atoms with E-state index in [1.54, 1.807) is 12.0 Å². The zero-order valence-electron chi connectivity index (χ0n) is 18.5. The van der Waals surface area contributed by atoms with Gasteiger partial charge >= 0.3 is 6.18 Å². The van der Waals surface area contributed by atoms with E-state index in [4.69, 9.17) is 4.74 Å². The Balaban J connectivity index is 1.45. The Morgan fingerprint density at radius 2 is 1.79 bits per heavy atom. The molecule has 1 N–H and O–H groups in total. The van der Waals surface area contributed by atoms with Gasteiger partial charge in [-0.15, -0.1) is 0 Å². The van der Waals surface area contributed by atoms with Crippen molar-refractivity contribution in [1.29, 1.82) is 0 Å². The molecule has 0 radical (unpaired) electrons. The highest BCUT2D eigenvalue weighted by atomic mass is 19.4. The molecule has 0 aliphatic carbocycles. The summed E-state index contributed by atoms with van der Waals surface area (Å²) in [6.45, 7) is 0.739. The molecule has 0 spiro atoms. The van der Waals surface area contributed by atoms with Gasteiger partial charge in [0.15, 0.2) is 6.61 Å². The minimum atomic E-state index is -4.50. The molecule has 1 aliphatic heterocycles. The van der Waals surface area contributed by atoms with E-state index >= 15 is 0 Å². The first-order chi connectivity index (χ1) is 16.2. The number of methoxy groups -OCH3 is 1. The first-order valence-corrected chi connectivity index (χ1v) is 10.5. The number of nitrogens with one attached hydrogen (secondary N) is 1. The molecule has 182 valence electrons. The fourth-order valence-corrected chi connectivity index (χ4v) is 3.31. The number of aromatic nitrogens is 1. The molecule has 8 nitrogen and oxygen atoms in total. The van der Waals surface area contributed by atoms with Gasteiger partial charge < -0.3 is 24.6 Å². The van der Waals surface area contributed by atoms with Gasteiger partial charge in [-0.3, -0.25) is 9.59 Å². The van der Waals surface area contributed by atoms with E-state index < -0.39 is 18.7 Å². The molecular formula is C23H25F3N4O4. The van der Waals surface area contributed by atoms with Crippen LogP contribution in [0.15, 0.2) is 54.7 Å². The second-order valence-corrected chi connectivity index (χ2v) is 7.43. The lowest BCUT2D eigenvalue weighted by atomic mass is 10.2. The van der Waals surface area contributed by atoms with Crippen LogP contribution in [0.4, 0.5) is 18.9 Å². The van der Waals surface area contributed by atoms with Gasteiger partial charge in [0.25, 0.3) is 0 Å². The van der Waals surface area contributed by atoms with Crippen molar-refractivity contribution in [3.8, 4) is 11.6 Å². The molecule has 0 saturated carbocycles. The minimum Gasteiger partial charge on any atom is -0.497 e. The first-order valence-electron chi connectivity index (χ1n) is 10.5. The molecule has 0 unspecified atom stereocenters. The van der Waals surface area contributed by atoms with Gasteiger partial charge in [-0.25, -0.2) is 4.98 Å². The number of hydrogen-bond donors (Lipinski definition) is 1. The summed E-state index contributed by atoms with van der Waals surface area (Å²) in [5, 5.41) is 2.52. The second-order valence-electron chi connectivity index (χ2n) is 7.43. The molecule has 2 aromatic rings. The second kappa shape index (κ2) is 11.4. The Bertz CT molecular complexity index is 1000. The van der Waals surface area contributed by atoms with Crippen molar-refractivity contribution in [3.05, 3.63) is 60.3 Å². The van der Waals surface area contributed by atoms with Crippen LogP contribution in [0.3, 0.4) is 0 Å². The van der Waals surface area contributed by atoms with Crippen LogP contribution >= 0.6 is 0 Å². The number of pyridine rings is 1. The highest BCUT2D eigenvalue weighted by Gasteiger charge is 2.29. The highest BCUT2D eigenvalue weighted by molar-refractivity contribution is 5.96. The van der Waals surface area contributed by atoms with Gasteiger partial charge in [0, 0.05) is 62.3 Å². The maximum atomic E-state index is 12.4. The molecule has 1 saturated heterocycles. The highest BCUT2D eigenvalue weighted by Crippen LogP contribution is 2.21.